The number of anilines is 1. The molecule has 0 unspecified atom stereocenters. The first kappa shape index (κ1) is 22.1. The Morgan fingerprint density at radius 1 is 1.22 bits per heavy atom. The number of aliphatic carboxylic acids is 1. The van der Waals surface area contributed by atoms with E-state index < -0.39 is 24.3 Å². The Morgan fingerprint density at radius 3 is 2.62 bits per heavy atom. The Bertz CT molecular complexity index is 1130. The standard InChI is InChI=1S/C20H19F3N4O4S/c1-11-24-17-16(18(25-11)30-10-15(28)29)32-19(26-17)27-8-6-12(7-9-27)31-14-5-3-2-4-13(14)20(21,22)23/h2-5,12H,6-10H2,1H3,(H,28,29). The van der Waals surface area contributed by atoms with Crippen LogP contribution >= 0.6 is 11.3 Å². The van der Waals surface area contributed by atoms with Crippen molar-refractivity contribution in [2.45, 2.75) is 32.0 Å². The second kappa shape index (κ2) is 8.77. The number of aryl methyl sites for hydroxylation is 1. The molecule has 3 aromatic rings. The number of piperidine rings is 1. The number of halogens is 3. The molecule has 1 N–H and O–H groups in total. The lowest BCUT2D eigenvalue weighted by Gasteiger charge is -2.32. The summed E-state index contributed by atoms with van der Waals surface area (Å²) in [7, 11) is 0. The minimum atomic E-state index is -4.47. The number of carboxylic acids is 1. The molecule has 8 nitrogen and oxygen atoms in total. The third kappa shape index (κ3) is 4.85. The fourth-order valence-electron chi connectivity index (χ4n) is 3.40. The van der Waals surface area contributed by atoms with Gasteiger partial charge in [-0.1, -0.05) is 23.5 Å². The summed E-state index contributed by atoms with van der Waals surface area (Å²) in [5.74, 6) is -0.705. The average Bonchev–Trinajstić information content (AvgIpc) is 3.16. The van der Waals surface area contributed by atoms with Gasteiger partial charge in [-0.2, -0.15) is 23.1 Å². The van der Waals surface area contributed by atoms with Crippen molar-refractivity contribution < 1.29 is 32.5 Å². The summed E-state index contributed by atoms with van der Waals surface area (Å²) in [6.07, 6.45) is -3.77. The van der Waals surface area contributed by atoms with Crippen LogP contribution in [0.1, 0.15) is 24.2 Å². The Morgan fingerprint density at radius 2 is 1.94 bits per heavy atom. The van der Waals surface area contributed by atoms with Gasteiger partial charge in [-0.05, 0) is 19.1 Å². The van der Waals surface area contributed by atoms with E-state index in [1.165, 1.54) is 29.5 Å². The summed E-state index contributed by atoms with van der Waals surface area (Å²) in [4.78, 5) is 25.8. The van der Waals surface area contributed by atoms with Crippen LogP contribution in [0.4, 0.5) is 18.3 Å². The average molecular weight is 468 g/mol. The summed E-state index contributed by atoms with van der Waals surface area (Å²) in [5, 5.41) is 9.52. The molecule has 32 heavy (non-hydrogen) atoms. The van der Waals surface area contributed by atoms with Crippen LogP contribution in [0, 0.1) is 6.92 Å². The normalized spacial score (nSPS) is 15.2. The van der Waals surface area contributed by atoms with Crippen LogP contribution in [-0.2, 0) is 11.0 Å². The molecule has 0 atom stereocenters. The van der Waals surface area contributed by atoms with Crippen molar-refractivity contribution in [3.8, 4) is 11.6 Å². The van der Waals surface area contributed by atoms with E-state index in [4.69, 9.17) is 14.6 Å². The molecule has 1 aliphatic heterocycles. The fourth-order valence-corrected chi connectivity index (χ4v) is 4.40. The van der Waals surface area contributed by atoms with E-state index in [9.17, 15) is 18.0 Å². The molecule has 3 heterocycles. The molecule has 0 radical (unpaired) electrons. The highest BCUT2D eigenvalue weighted by atomic mass is 32.1. The molecule has 12 heteroatoms. The lowest BCUT2D eigenvalue weighted by molar-refractivity contribution is -0.140. The van der Waals surface area contributed by atoms with Gasteiger partial charge in [0.25, 0.3) is 0 Å². The van der Waals surface area contributed by atoms with Gasteiger partial charge in [-0.25, -0.2) is 9.78 Å². The molecule has 0 spiro atoms. The van der Waals surface area contributed by atoms with E-state index in [-0.39, 0.29) is 17.7 Å². The zero-order chi connectivity index (χ0) is 22.9. The largest absolute Gasteiger partial charge is 0.490 e. The molecule has 0 aliphatic carbocycles. The van der Waals surface area contributed by atoms with E-state index in [0.29, 0.717) is 47.2 Å². The third-order valence-electron chi connectivity index (χ3n) is 4.85. The van der Waals surface area contributed by atoms with Crippen molar-refractivity contribution >= 4 is 32.8 Å². The van der Waals surface area contributed by atoms with E-state index in [2.05, 4.69) is 15.0 Å². The van der Waals surface area contributed by atoms with Crippen LogP contribution < -0.4 is 14.4 Å². The zero-order valence-electron chi connectivity index (χ0n) is 16.9. The summed E-state index contributed by atoms with van der Waals surface area (Å²) in [6.45, 7) is 2.21. The zero-order valence-corrected chi connectivity index (χ0v) is 17.7. The Balaban J connectivity index is 1.46. The predicted octanol–water partition coefficient (Wildman–Crippen LogP) is 3.92. The topological polar surface area (TPSA) is 97.7 Å². The van der Waals surface area contributed by atoms with E-state index in [1.54, 1.807) is 6.92 Å². The van der Waals surface area contributed by atoms with Crippen molar-refractivity contribution in [1.29, 1.82) is 0 Å². The lowest BCUT2D eigenvalue weighted by atomic mass is 10.1. The Labute approximate surface area is 184 Å². The predicted molar refractivity (Wildman–Crippen MR) is 110 cm³/mol. The number of fused-ring (bicyclic) bond motifs is 1. The molecule has 2 aromatic heterocycles. The molecule has 1 fully saturated rings. The lowest BCUT2D eigenvalue weighted by Crippen LogP contribution is -2.38. The van der Waals surface area contributed by atoms with Crippen molar-refractivity contribution in [1.82, 2.24) is 15.0 Å². The first-order valence-corrected chi connectivity index (χ1v) is 10.6. The molecule has 1 aromatic carbocycles. The maximum Gasteiger partial charge on any atom is 0.419 e. The number of aromatic nitrogens is 3. The number of hydrogen-bond donors (Lipinski definition) is 1. The van der Waals surface area contributed by atoms with Gasteiger partial charge in [0.15, 0.2) is 17.4 Å². The molecule has 0 saturated carbocycles. The van der Waals surface area contributed by atoms with E-state index in [0.717, 1.165) is 6.07 Å². The second-order valence-electron chi connectivity index (χ2n) is 7.21. The summed E-state index contributed by atoms with van der Waals surface area (Å²) >= 11 is 1.28. The number of hydrogen-bond acceptors (Lipinski definition) is 8. The van der Waals surface area contributed by atoms with Crippen LogP contribution in [0.3, 0.4) is 0 Å². The number of benzene rings is 1. The van der Waals surface area contributed by atoms with Crippen molar-refractivity contribution in [2.75, 3.05) is 24.6 Å². The van der Waals surface area contributed by atoms with Gasteiger partial charge < -0.3 is 19.5 Å². The van der Waals surface area contributed by atoms with Crippen LogP contribution in [0.25, 0.3) is 10.3 Å². The van der Waals surface area contributed by atoms with Gasteiger partial charge in [0.1, 0.15) is 22.4 Å². The highest BCUT2D eigenvalue weighted by Crippen LogP contribution is 2.38. The minimum absolute atomic E-state index is 0.163. The molecule has 1 saturated heterocycles. The van der Waals surface area contributed by atoms with Crippen molar-refractivity contribution in [3.05, 3.63) is 35.7 Å². The molecule has 0 bridgehead atoms. The number of nitrogens with zero attached hydrogens (tertiary/aromatic N) is 4. The fraction of sp³-hybridized carbons (Fsp3) is 0.400. The number of carboxylic acid groups (broad SMARTS) is 1. The smallest absolute Gasteiger partial charge is 0.419 e. The summed E-state index contributed by atoms with van der Waals surface area (Å²) < 4.78 is 51.1. The number of carbonyl (C=O) groups is 1. The van der Waals surface area contributed by atoms with Gasteiger partial charge in [-0.3, -0.25) is 0 Å². The molecule has 170 valence electrons. The molecule has 0 amide bonds. The van der Waals surface area contributed by atoms with Crippen LogP contribution in [0.5, 0.6) is 11.6 Å². The first-order valence-electron chi connectivity index (χ1n) is 9.78. The third-order valence-corrected chi connectivity index (χ3v) is 5.95. The number of alkyl halides is 3. The van der Waals surface area contributed by atoms with Gasteiger partial charge in [0.05, 0.1) is 5.56 Å². The Hall–Kier alpha value is -3.15. The number of rotatable bonds is 6. The highest BCUT2D eigenvalue weighted by Gasteiger charge is 2.35. The van der Waals surface area contributed by atoms with Crippen molar-refractivity contribution in [2.24, 2.45) is 0 Å². The molecule has 4 rings (SSSR count). The van der Waals surface area contributed by atoms with Gasteiger partial charge in [0.2, 0.25) is 5.88 Å². The second-order valence-corrected chi connectivity index (χ2v) is 8.18. The van der Waals surface area contributed by atoms with Crippen LogP contribution in [0.15, 0.2) is 24.3 Å². The minimum Gasteiger partial charge on any atom is -0.490 e. The van der Waals surface area contributed by atoms with Gasteiger partial charge in [0, 0.05) is 25.9 Å². The molecular formula is C20H19F3N4O4S. The first-order chi connectivity index (χ1) is 15.2. The number of thiazole rings is 1. The molecule has 1 aliphatic rings. The van der Waals surface area contributed by atoms with Crippen LogP contribution in [-0.4, -0.2) is 51.8 Å². The maximum absolute atomic E-state index is 13.2. The van der Waals surface area contributed by atoms with Crippen molar-refractivity contribution in [3.63, 3.8) is 0 Å². The van der Waals surface area contributed by atoms with Crippen LogP contribution in [0.2, 0.25) is 0 Å². The maximum atomic E-state index is 13.2. The number of para-hydroxylation sites is 1. The van der Waals surface area contributed by atoms with Gasteiger partial charge >= 0.3 is 12.1 Å². The number of ether oxygens (including phenoxy) is 2. The quantitative estimate of drug-likeness (QED) is 0.581. The summed E-state index contributed by atoms with van der Waals surface area (Å²) in [6, 6.07) is 5.21. The van der Waals surface area contributed by atoms with E-state index in [1.807, 2.05) is 4.90 Å². The Kier molecular flexibility index (Phi) is 6.04. The summed E-state index contributed by atoms with van der Waals surface area (Å²) in [5.41, 5.74) is -0.369. The highest BCUT2D eigenvalue weighted by molar-refractivity contribution is 7.22. The van der Waals surface area contributed by atoms with Gasteiger partial charge in [-0.15, -0.1) is 0 Å². The van der Waals surface area contributed by atoms with E-state index >= 15 is 0 Å². The molecular weight excluding hydrogens is 449 g/mol. The SMILES string of the molecule is Cc1nc(OCC(=O)O)c2sc(N3CCC(Oc4ccccc4C(F)(F)F)CC3)nc2n1. The monoisotopic (exact) mass is 468 g/mol.